The van der Waals surface area contributed by atoms with E-state index in [9.17, 15) is 18.0 Å². The molecule has 25 heavy (non-hydrogen) atoms. The number of carbonyl (C=O) groups is 1. The maximum absolute atomic E-state index is 12.7. The minimum Gasteiger partial charge on any atom is -0.353 e. The number of rotatable bonds is 4. The van der Waals surface area contributed by atoms with Gasteiger partial charge in [-0.1, -0.05) is 11.6 Å². The van der Waals surface area contributed by atoms with E-state index in [1.807, 2.05) is 11.8 Å². The molecule has 1 amide bonds. The van der Waals surface area contributed by atoms with Crippen molar-refractivity contribution < 1.29 is 18.0 Å². The zero-order chi connectivity index (χ0) is 18.2. The molecule has 2 fully saturated rings. The van der Waals surface area contributed by atoms with Crippen LogP contribution in [0, 0.1) is 0 Å². The zero-order valence-electron chi connectivity index (χ0n) is 13.8. The minimum atomic E-state index is -4.46. The van der Waals surface area contributed by atoms with Gasteiger partial charge in [0.1, 0.15) is 5.82 Å². The van der Waals surface area contributed by atoms with Crippen molar-refractivity contribution in [3.05, 3.63) is 22.8 Å². The normalized spacial score (nSPS) is 20.4. The Kier molecular flexibility index (Phi) is 5.11. The fraction of sp³-hybridized carbons (Fsp3) is 0.625. The minimum absolute atomic E-state index is 0.0113. The molecule has 2 aliphatic rings. The molecule has 0 aromatic carbocycles. The molecule has 1 aliphatic heterocycles. The van der Waals surface area contributed by atoms with Gasteiger partial charge < -0.3 is 10.2 Å². The van der Waals surface area contributed by atoms with Crippen LogP contribution in [0.15, 0.2) is 12.3 Å². The Bertz CT molecular complexity index is 643. The number of pyridine rings is 1. The van der Waals surface area contributed by atoms with Crippen molar-refractivity contribution in [2.75, 3.05) is 31.1 Å². The number of alkyl halides is 3. The predicted octanol–water partition coefficient (Wildman–Crippen LogP) is 2.54. The highest BCUT2D eigenvalue weighted by molar-refractivity contribution is 6.33. The lowest BCUT2D eigenvalue weighted by atomic mass is 10.2. The third-order valence-corrected chi connectivity index (χ3v) is 4.89. The number of piperazine rings is 1. The van der Waals surface area contributed by atoms with Gasteiger partial charge in [-0.15, -0.1) is 0 Å². The van der Waals surface area contributed by atoms with Crippen molar-refractivity contribution in [2.24, 2.45) is 0 Å². The van der Waals surface area contributed by atoms with Gasteiger partial charge in [0.2, 0.25) is 5.91 Å². The fourth-order valence-electron chi connectivity index (χ4n) is 2.85. The number of nitrogens with zero attached hydrogens (tertiary/aromatic N) is 3. The topological polar surface area (TPSA) is 48.5 Å². The summed E-state index contributed by atoms with van der Waals surface area (Å²) in [6, 6.07) is 1.01. The molecule has 1 saturated carbocycles. The number of hydrogen-bond acceptors (Lipinski definition) is 4. The van der Waals surface area contributed by atoms with Crippen LogP contribution in [0.3, 0.4) is 0 Å². The van der Waals surface area contributed by atoms with Gasteiger partial charge in [0.15, 0.2) is 0 Å². The molecule has 0 bridgehead atoms. The van der Waals surface area contributed by atoms with Crippen LogP contribution in [0.25, 0.3) is 0 Å². The summed E-state index contributed by atoms with van der Waals surface area (Å²) in [6.45, 7) is 4.23. The lowest BCUT2D eigenvalue weighted by molar-refractivity contribution is -0.137. The molecule has 1 aromatic heterocycles. The number of anilines is 1. The lowest BCUT2D eigenvalue weighted by Crippen LogP contribution is -2.54. The molecule has 138 valence electrons. The van der Waals surface area contributed by atoms with Crippen LogP contribution in [-0.4, -0.2) is 54.1 Å². The molecule has 5 nitrogen and oxygen atoms in total. The van der Waals surface area contributed by atoms with E-state index < -0.39 is 11.7 Å². The van der Waals surface area contributed by atoms with Crippen LogP contribution >= 0.6 is 11.6 Å². The highest BCUT2D eigenvalue weighted by Crippen LogP contribution is 2.33. The van der Waals surface area contributed by atoms with E-state index in [1.165, 1.54) is 0 Å². The lowest BCUT2D eigenvalue weighted by Gasteiger charge is -2.38. The molecule has 0 radical (unpaired) electrons. The predicted molar refractivity (Wildman–Crippen MR) is 88.7 cm³/mol. The van der Waals surface area contributed by atoms with Gasteiger partial charge in [0.05, 0.1) is 16.6 Å². The van der Waals surface area contributed by atoms with Crippen LogP contribution in [0.4, 0.5) is 19.0 Å². The SMILES string of the molecule is C[C@@H](C(=O)NC1CC1)N1CCN(c2ncc(C(F)(F)F)cc2Cl)CC1. The van der Waals surface area contributed by atoms with E-state index in [4.69, 9.17) is 11.6 Å². The van der Waals surface area contributed by atoms with Crippen LogP contribution < -0.4 is 10.2 Å². The van der Waals surface area contributed by atoms with Crippen LogP contribution in [0.2, 0.25) is 5.02 Å². The van der Waals surface area contributed by atoms with Gasteiger partial charge in [-0.2, -0.15) is 13.2 Å². The summed E-state index contributed by atoms with van der Waals surface area (Å²) in [7, 11) is 0. The summed E-state index contributed by atoms with van der Waals surface area (Å²) in [5.74, 6) is 0.381. The van der Waals surface area contributed by atoms with Crippen molar-refractivity contribution in [2.45, 2.75) is 38.0 Å². The second-order valence-corrected chi connectivity index (χ2v) is 6.92. The molecule has 2 heterocycles. The average Bonchev–Trinajstić information content (AvgIpc) is 3.37. The summed E-state index contributed by atoms with van der Waals surface area (Å²) in [6.07, 6.45) is -1.56. The third kappa shape index (κ3) is 4.36. The highest BCUT2D eigenvalue weighted by Gasteiger charge is 2.33. The largest absolute Gasteiger partial charge is 0.417 e. The first kappa shape index (κ1) is 18.3. The van der Waals surface area contributed by atoms with E-state index >= 15 is 0 Å². The monoisotopic (exact) mass is 376 g/mol. The Morgan fingerprint density at radius 3 is 2.48 bits per heavy atom. The summed E-state index contributed by atoms with van der Waals surface area (Å²) in [5.41, 5.74) is -0.856. The van der Waals surface area contributed by atoms with Crippen molar-refractivity contribution in [1.82, 2.24) is 15.2 Å². The highest BCUT2D eigenvalue weighted by atomic mass is 35.5. The van der Waals surface area contributed by atoms with E-state index in [0.29, 0.717) is 38.0 Å². The fourth-order valence-corrected chi connectivity index (χ4v) is 3.14. The molecule has 3 rings (SSSR count). The first-order valence-electron chi connectivity index (χ1n) is 8.28. The summed E-state index contributed by atoms with van der Waals surface area (Å²) in [4.78, 5) is 19.9. The van der Waals surface area contributed by atoms with Crippen molar-refractivity contribution in [3.8, 4) is 0 Å². The average molecular weight is 377 g/mol. The van der Waals surface area contributed by atoms with Gasteiger partial charge in [0, 0.05) is 38.4 Å². The van der Waals surface area contributed by atoms with Crippen molar-refractivity contribution in [3.63, 3.8) is 0 Å². The molecule has 1 N–H and O–H groups in total. The number of hydrogen-bond donors (Lipinski definition) is 1. The Labute approximate surface area is 149 Å². The second-order valence-electron chi connectivity index (χ2n) is 6.51. The Hall–Kier alpha value is -1.54. The maximum Gasteiger partial charge on any atom is 0.417 e. The van der Waals surface area contributed by atoms with Crippen LogP contribution in [0.1, 0.15) is 25.3 Å². The van der Waals surface area contributed by atoms with Gasteiger partial charge in [-0.05, 0) is 25.8 Å². The number of amides is 1. The van der Waals surface area contributed by atoms with Gasteiger partial charge in [-0.25, -0.2) is 4.98 Å². The zero-order valence-corrected chi connectivity index (χ0v) is 14.6. The molecule has 1 aromatic rings. The Morgan fingerprint density at radius 2 is 1.96 bits per heavy atom. The summed E-state index contributed by atoms with van der Waals surface area (Å²) >= 11 is 6.00. The Morgan fingerprint density at radius 1 is 1.32 bits per heavy atom. The van der Waals surface area contributed by atoms with Gasteiger partial charge in [0.25, 0.3) is 0 Å². The molecule has 1 atom stereocenters. The van der Waals surface area contributed by atoms with Crippen LogP contribution in [0.5, 0.6) is 0 Å². The van der Waals surface area contributed by atoms with Gasteiger partial charge >= 0.3 is 6.18 Å². The Balaban J connectivity index is 1.59. The first-order valence-corrected chi connectivity index (χ1v) is 8.65. The molecular formula is C16H20ClF3N4O. The smallest absolute Gasteiger partial charge is 0.353 e. The van der Waals surface area contributed by atoms with Crippen molar-refractivity contribution in [1.29, 1.82) is 0 Å². The second kappa shape index (κ2) is 6.99. The van der Waals surface area contributed by atoms with E-state index in [-0.39, 0.29) is 17.0 Å². The maximum atomic E-state index is 12.7. The molecule has 9 heteroatoms. The summed E-state index contributed by atoms with van der Waals surface area (Å²) in [5, 5.41) is 2.98. The van der Waals surface area contributed by atoms with Gasteiger partial charge in [-0.3, -0.25) is 9.69 Å². The number of aromatic nitrogens is 1. The van der Waals surface area contributed by atoms with Crippen LogP contribution in [-0.2, 0) is 11.0 Å². The van der Waals surface area contributed by atoms with Crippen molar-refractivity contribution >= 4 is 23.3 Å². The number of nitrogens with one attached hydrogen (secondary N) is 1. The third-order valence-electron chi connectivity index (χ3n) is 4.61. The molecule has 0 spiro atoms. The van der Waals surface area contributed by atoms with E-state index in [2.05, 4.69) is 15.2 Å². The molecule has 0 unspecified atom stereocenters. The molecule has 1 aliphatic carbocycles. The number of carbonyl (C=O) groups excluding carboxylic acids is 1. The standard InChI is InChI=1S/C16H20ClF3N4O/c1-10(15(25)22-12-2-3-12)23-4-6-24(7-5-23)14-13(17)8-11(9-21-14)16(18,19)20/h8-10,12H,2-7H2,1H3,(H,22,25)/t10-/m0/s1. The van der Waals surface area contributed by atoms with E-state index in [0.717, 1.165) is 25.1 Å². The quantitative estimate of drug-likeness (QED) is 0.877. The molecule has 1 saturated heterocycles. The molecular weight excluding hydrogens is 357 g/mol. The first-order chi connectivity index (χ1) is 11.8. The summed E-state index contributed by atoms with van der Waals surface area (Å²) < 4.78 is 38.1. The van der Waals surface area contributed by atoms with E-state index in [1.54, 1.807) is 0 Å². The number of halogens is 4.